The van der Waals surface area contributed by atoms with Gasteiger partial charge >= 0.3 is 0 Å². The van der Waals surface area contributed by atoms with Gasteiger partial charge in [0.05, 0.1) is 17.2 Å². The quantitative estimate of drug-likeness (QED) is 0.802. The molecule has 4 rings (SSSR count). The lowest BCUT2D eigenvalue weighted by Gasteiger charge is -2.44. The molecular formula is C18H20FN3O3S. The minimum Gasteiger partial charge on any atom is -0.367 e. The molecule has 1 aromatic carbocycles. The van der Waals surface area contributed by atoms with Crippen molar-refractivity contribution in [2.45, 2.75) is 36.7 Å². The summed E-state index contributed by atoms with van der Waals surface area (Å²) in [5.74, 6) is 0.183. The molecule has 1 saturated heterocycles. The highest BCUT2D eigenvalue weighted by atomic mass is 32.2. The highest BCUT2D eigenvalue weighted by Crippen LogP contribution is 2.40. The molecule has 0 amide bonds. The number of piperidine rings is 1. The van der Waals surface area contributed by atoms with Gasteiger partial charge in [0.25, 0.3) is 0 Å². The first-order chi connectivity index (χ1) is 12.4. The molecule has 2 aliphatic rings. The molecule has 0 saturated carbocycles. The van der Waals surface area contributed by atoms with Crippen LogP contribution in [0.2, 0.25) is 0 Å². The molecule has 0 unspecified atom stereocenters. The average Bonchev–Trinajstić information content (AvgIpc) is 2.63. The molecule has 2 aliphatic heterocycles. The molecular weight excluding hydrogens is 357 g/mol. The van der Waals surface area contributed by atoms with Crippen LogP contribution in [0.4, 0.5) is 4.39 Å². The van der Waals surface area contributed by atoms with Crippen molar-refractivity contribution in [3.63, 3.8) is 0 Å². The SMILES string of the molecule is Cc1ncc2c(n1)[C@@]1(CCCN(S(=O)(=O)c3ccc(F)cc3)C1)OCC2. The lowest BCUT2D eigenvalue weighted by Crippen LogP contribution is -2.52. The van der Waals surface area contributed by atoms with Gasteiger partial charge in [-0.1, -0.05) is 0 Å². The van der Waals surface area contributed by atoms with Gasteiger partial charge in [-0.25, -0.2) is 22.8 Å². The van der Waals surface area contributed by atoms with Crippen LogP contribution in [-0.2, 0) is 26.8 Å². The number of aromatic nitrogens is 2. The van der Waals surface area contributed by atoms with Crippen LogP contribution in [0.15, 0.2) is 35.4 Å². The summed E-state index contributed by atoms with van der Waals surface area (Å²) in [6, 6.07) is 4.92. The number of ether oxygens (including phenoxy) is 1. The Bertz CT molecular complexity index is 933. The Morgan fingerprint density at radius 1 is 1.27 bits per heavy atom. The summed E-state index contributed by atoms with van der Waals surface area (Å²) in [5, 5.41) is 0. The Kier molecular flexibility index (Phi) is 4.29. The third-order valence-corrected chi connectivity index (χ3v) is 6.90. The highest BCUT2D eigenvalue weighted by molar-refractivity contribution is 7.89. The predicted molar refractivity (Wildman–Crippen MR) is 92.5 cm³/mol. The van der Waals surface area contributed by atoms with Crippen molar-refractivity contribution in [1.29, 1.82) is 0 Å². The molecule has 0 N–H and O–H groups in total. The zero-order chi connectivity index (χ0) is 18.4. The maximum Gasteiger partial charge on any atom is 0.243 e. The first kappa shape index (κ1) is 17.5. The average molecular weight is 377 g/mol. The van der Waals surface area contributed by atoms with Gasteiger partial charge in [0.2, 0.25) is 10.0 Å². The van der Waals surface area contributed by atoms with Gasteiger partial charge in [-0.05, 0) is 56.0 Å². The number of hydrogen-bond acceptors (Lipinski definition) is 5. The Hall–Kier alpha value is -1.90. The number of benzene rings is 1. The molecule has 1 spiro atoms. The van der Waals surface area contributed by atoms with E-state index in [1.165, 1.54) is 16.4 Å². The van der Waals surface area contributed by atoms with Crippen LogP contribution in [0.3, 0.4) is 0 Å². The van der Waals surface area contributed by atoms with Crippen molar-refractivity contribution < 1.29 is 17.5 Å². The number of sulfonamides is 1. The number of nitrogens with zero attached hydrogens (tertiary/aromatic N) is 3. The van der Waals surface area contributed by atoms with Crippen molar-refractivity contribution in [3.8, 4) is 0 Å². The lowest BCUT2D eigenvalue weighted by atomic mass is 9.85. The number of halogens is 1. The standard InChI is InChI=1S/C18H20FN3O3S/c1-13-20-11-14-7-10-25-18(17(14)21-13)8-2-9-22(12-18)26(23,24)16-5-3-15(19)4-6-16/h3-6,11H,2,7-10,12H2,1H3/t18-/m0/s1. The summed E-state index contributed by atoms with van der Waals surface area (Å²) >= 11 is 0. The largest absolute Gasteiger partial charge is 0.367 e. The molecule has 0 bridgehead atoms. The molecule has 0 radical (unpaired) electrons. The summed E-state index contributed by atoms with van der Waals surface area (Å²) in [6.07, 6.45) is 3.92. The Morgan fingerprint density at radius 2 is 2.04 bits per heavy atom. The van der Waals surface area contributed by atoms with Gasteiger partial charge in [0.15, 0.2) is 0 Å². The van der Waals surface area contributed by atoms with Crippen molar-refractivity contribution in [2.24, 2.45) is 0 Å². The van der Waals surface area contributed by atoms with E-state index in [0.717, 1.165) is 29.8 Å². The van der Waals surface area contributed by atoms with Crippen LogP contribution >= 0.6 is 0 Å². The van der Waals surface area contributed by atoms with Crippen molar-refractivity contribution >= 4 is 10.0 Å². The highest BCUT2D eigenvalue weighted by Gasteiger charge is 2.46. The normalized spacial score (nSPS) is 23.8. The zero-order valence-electron chi connectivity index (χ0n) is 14.5. The van der Waals surface area contributed by atoms with Crippen LogP contribution < -0.4 is 0 Å². The third kappa shape index (κ3) is 2.91. The van der Waals surface area contributed by atoms with Crippen molar-refractivity contribution in [3.05, 3.63) is 53.4 Å². The monoisotopic (exact) mass is 377 g/mol. The molecule has 1 fully saturated rings. The van der Waals surface area contributed by atoms with E-state index >= 15 is 0 Å². The van der Waals surface area contributed by atoms with Crippen LogP contribution in [0.5, 0.6) is 0 Å². The lowest BCUT2D eigenvalue weighted by molar-refractivity contribution is -0.0935. The number of aryl methyl sites for hydroxylation is 1. The van der Waals surface area contributed by atoms with E-state index in [9.17, 15) is 12.8 Å². The Balaban J connectivity index is 1.71. The smallest absolute Gasteiger partial charge is 0.243 e. The fraction of sp³-hybridized carbons (Fsp3) is 0.444. The molecule has 0 aliphatic carbocycles. The molecule has 2 aromatic rings. The van der Waals surface area contributed by atoms with E-state index in [1.54, 1.807) is 0 Å². The third-order valence-electron chi connectivity index (χ3n) is 5.04. The van der Waals surface area contributed by atoms with E-state index in [2.05, 4.69) is 9.97 Å². The molecule has 8 heteroatoms. The van der Waals surface area contributed by atoms with Crippen LogP contribution in [-0.4, -0.2) is 42.4 Å². The number of hydrogen-bond donors (Lipinski definition) is 0. The zero-order valence-corrected chi connectivity index (χ0v) is 15.3. The van der Waals surface area contributed by atoms with E-state index in [1.807, 2.05) is 13.1 Å². The first-order valence-corrected chi connectivity index (χ1v) is 10.1. The van der Waals surface area contributed by atoms with Gasteiger partial charge in [-0.2, -0.15) is 4.31 Å². The van der Waals surface area contributed by atoms with Crippen molar-refractivity contribution in [2.75, 3.05) is 19.7 Å². The number of rotatable bonds is 2. The Labute approximate surface area is 152 Å². The minimum atomic E-state index is -3.72. The number of fused-ring (bicyclic) bond motifs is 2. The summed E-state index contributed by atoms with van der Waals surface area (Å²) in [5.41, 5.74) is 1.07. The van der Waals surface area contributed by atoms with E-state index < -0.39 is 21.4 Å². The fourth-order valence-corrected chi connectivity index (χ4v) is 5.28. The minimum absolute atomic E-state index is 0.0888. The predicted octanol–water partition coefficient (Wildman–Crippen LogP) is 2.18. The molecule has 138 valence electrons. The topological polar surface area (TPSA) is 72.4 Å². The summed E-state index contributed by atoms with van der Waals surface area (Å²) in [6.45, 7) is 2.95. The fourth-order valence-electron chi connectivity index (χ4n) is 3.75. The van der Waals surface area contributed by atoms with Gasteiger partial charge in [0, 0.05) is 19.3 Å². The van der Waals surface area contributed by atoms with Crippen molar-refractivity contribution in [1.82, 2.24) is 14.3 Å². The molecule has 3 heterocycles. The maximum absolute atomic E-state index is 13.2. The van der Waals surface area contributed by atoms with Gasteiger partial charge in [-0.15, -0.1) is 0 Å². The maximum atomic E-state index is 13.2. The van der Waals surface area contributed by atoms with E-state index in [0.29, 0.717) is 31.8 Å². The molecule has 1 aromatic heterocycles. The van der Waals surface area contributed by atoms with Crippen LogP contribution in [0, 0.1) is 12.7 Å². The second kappa shape index (κ2) is 6.37. The van der Waals surface area contributed by atoms with Crippen LogP contribution in [0.1, 0.15) is 29.9 Å². The van der Waals surface area contributed by atoms with Crippen LogP contribution in [0.25, 0.3) is 0 Å². The first-order valence-electron chi connectivity index (χ1n) is 8.63. The Morgan fingerprint density at radius 3 is 2.81 bits per heavy atom. The summed E-state index contributed by atoms with van der Waals surface area (Å²) in [4.78, 5) is 8.93. The summed E-state index contributed by atoms with van der Waals surface area (Å²) in [7, 11) is -3.72. The van der Waals surface area contributed by atoms with Gasteiger partial charge < -0.3 is 4.74 Å². The summed E-state index contributed by atoms with van der Waals surface area (Å²) < 4.78 is 46.7. The molecule has 1 atom stereocenters. The molecule has 6 nitrogen and oxygen atoms in total. The second-order valence-electron chi connectivity index (χ2n) is 6.78. The van der Waals surface area contributed by atoms with Gasteiger partial charge in [0.1, 0.15) is 17.2 Å². The molecule has 26 heavy (non-hydrogen) atoms. The van der Waals surface area contributed by atoms with E-state index in [4.69, 9.17) is 4.74 Å². The van der Waals surface area contributed by atoms with Gasteiger partial charge in [-0.3, -0.25) is 0 Å². The second-order valence-corrected chi connectivity index (χ2v) is 8.72. The van der Waals surface area contributed by atoms with E-state index in [-0.39, 0.29) is 11.4 Å².